The minimum atomic E-state index is -3.59. The second-order valence-electron chi connectivity index (χ2n) is 6.89. The molecule has 27 heavy (non-hydrogen) atoms. The van der Waals surface area contributed by atoms with Gasteiger partial charge in [-0.1, -0.05) is 38.0 Å². The van der Waals surface area contributed by atoms with Gasteiger partial charge < -0.3 is 4.90 Å². The van der Waals surface area contributed by atoms with Gasteiger partial charge in [-0.15, -0.1) is 0 Å². The van der Waals surface area contributed by atoms with E-state index in [4.69, 9.17) is 0 Å². The lowest BCUT2D eigenvalue weighted by Crippen LogP contribution is -2.47. The molecule has 0 spiro atoms. The quantitative estimate of drug-likeness (QED) is 0.616. The van der Waals surface area contributed by atoms with E-state index < -0.39 is 31.5 Å². The fourth-order valence-corrected chi connectivity index (χ4v) is 5.73. The number of nitrogens with zero attached hydrogens (tertiary/aromatic N) is 1. The van der Waals surface area contributed by atoms with Crippen LogP contribution in [0.1, 0.15) is 39.0 Å². The Morgan fingerprint density at radius 3 is 2.30 bits per heavy atom. The first-order valence-electron chi connectivity index (χ1n) is 9.29. The maximum atomic E-state index is 12.4. The molecule has 1 amide bonds. The molecular weight excluding hydrogens is 388 g/mol. The van der Waals surface area contributed by atoms with Crippen LogP contribution < -0.4 is 4.72 Å². The molecule has 0 aliphatic carbocycles. The summed E-state index contributed by atoms with van der Waals surface area (Å²) >= 11 is 0. The SMILES string of the molecule is CCCCCS(=O)(=O)CC(=O)N1CCC(NS(=O)(=O)c2ccccc2)CC1. The Morgan fingerprint density at radius 2 is 1.70 bits per heavy atom. The fourth-order valence-electron chi connectivity index (χ4n) is 3.06. The second kappa shape index (κ2) is 9.66. The molecule has 0 saturated carbocycles. The van der Waals surface area contributed by atoms with E-state index in [1.54, 1.807) is 18.2 Å². The molecular formula is C18H28N2O5S2. The van der Waals surface area contributed by atoms with Crippen LogP contribution in [0.25, 0.3) is 0 Å². The number of hydrogen-bond acceptors (Lipinski definition) is 5. The lowest BCUT2D eigenvalue weighted by atomic mass is 10.1. The van der Waals surface area contributed by atoms with Crippen molar-refractivity contribution in [2.75, 3.05) is 24.6 Å². The number of unbranched alkanes of at least 4 members (excludes halogenated alkanes) is 2. The molecule has 1 aromatic rings. The number of benzene rings is 1. The van der Waals surface area contributed by atoms with Crippen LogP contribution in [0.2, 0.25) is 0 Å². The minimum absolute atomic E-state index is 0.0416. The Bertz CT molecular complexity index is 815. The summed E-state index contributed by atoms with van der Waals surface area (Å²) in [5.41, 5.74) is 0. The molecule has 0 radical (unpaired) electrons. The van der Waals surface area contributed by atoms with E-state index in [0.717, 1.165) is 12.8 Å². The van der Waals surface area contributed by atoms with Crippen LogP contribution in [0.15, 0.2) is 35.2 Å². The number of piperidine rings is 1. The number of sulfone groups is 1. The van der Waals surface area contributed by atoms with Gasteiger partial charge in [-0.3, -0.25) is 4.79 Å². The molecule has 2 rings (SSSR count). The summed E-state index contributed by atoms with van der Waals surface area (Å²) in [7, 11) is -6.97. The van der Waals surface area contributed by atoms with Gasteiger partial charge in [-0.25, -0.2) is 21.6 Å². The van der Waals surface area contributed by atoms with Crippen LogP contribution in [0.4, 0.5) is 0 Å². The number of likely N-dealkylation sites (tertiary alicyclic amines) is 1. The van der Waals surface area contributed by atoms with Gasteiger partial charge >= 0.3 is 0 Å². The van der Waals surface area contributed by atoms with Crippen molar-refractivity contribution in [2.24, 2.45) is 0 Å². The van der Waals surface area contributed by atoms with E-state index in [0.29, 0.717) is 32.4 Å². The van der Waals surface area contributed by atoms with Gasteiger partial charge in [-0.2, -0.15) is 0 Å². The van der Waals surface area contributed by atoms with Crippen molar-refractivity contribution in [1.29, 1.82) is 0 Å². The molecule has 1 aliphatic rings. The monoisotopic (exact) mass is 416 g/mol. The predicted octanol–water partition coefficient (Wildman–Crippen LogP) is 1.56. The summed E-state index contributed by atoms with van der Waals surface area (Å²) in [6, 6.07) is 7.88. The Labute approximate surface area is 162 Å². The highest BCUT2D eigenvalue weighted by molar-refractivity contribution is 7.92. The Balaban J connectivity index is 1.83. The van der Waals surface area contributed by atoms with E-state index in [-0.39, 0.29) is 16.7 Å². The van der Waals surface area contributed by atoms with Crippen LogP contribution in [0.5, 0.6) is 0 Å². The van der Waals surface area contributed by atoms with Gasteiger partial charge in [0.2, 0.25) is 15.9 Å². The molecule has 1 saturated heterocycles. The summed E-state index contributed by atoms with van der Waals surface area (Å²) < 4.78 is 51.4. The van der Waals surface area contributed by atoms with Crippen LogP contribution in [-0.2, 0) is 24.7 Å². The number of sulfonamides is 1. The maximum Gasteiger partial charge on any atom is 0.240 e. The van der Waals surface area contributed by atoms with E-state index in [1.165, 1.54) is 17.0 Å². The molecule has 1 heterocycles. The second-order valence-corrected chi connectivity index (χ2v) is 10.8. The van der Waals surface area contributed by atoms with Crippen LogP contribution >= 0.6 is 0 Å². The number of hydrogen-bond donors (Lipinski definition) is 1. The van der Waals surface area contributed by atoms with Gasteiger partial charge in [0.05, 0.1) is 10.6 Å². The average Bonchev–Trinajstić information content (AvgIpc) is 2.62. The summed E-state index contributed by atoms with van der Waals surface area (Å²) in [4.78, 5) is 14.0. The lowest BCUT2D eigenvalue weighted by molar-refractivity contribution is -0.129. The smallest absolute Gasteiger partial charge is 0.240 e. The van der Waals surface area contributed by atoms with E-state index in [2.05, 4.69) is 4.72 Å². The topological polar surface area (TPSA) is 101 Å². The Morgan fingerprint density at radius 1 is 1.07 bits per heavy atom. The predicted molar refractivity (Wildman–Crippen MR) is 105 cm³/mol. The standard InChI is InChI=1S/C18H28N2O5S2/c1-2-3-7-14-26(22,23)15-18(21)20-12-10-16(11-13-20)19-27(24,25)17-8-5-4-6-9-17/h4-6,8-9,16,19H,2-3,7,10-15H2,1H3. The van der Waals surface area contributed by atoms with Gasteiger partial charge in [0.15, 0.2) is 9.84 Å². The van der Waals surface area contributed by atoms with E-state index in [1.807, 2.05) is 6.92 Å². The number of nitrogens with one attached hydrogen (secondary N) is 1. The number of amides is 1. The van der Waals surface area contributed by atoms with E-state index in [9.17, 15) is 21.6 Å². The summed E-state index contributed by atoms with van der Waals surface area (Å²) in [5, 5.41) is 0. The van der Waals surface area contributed by atoms with Crippen molar-refractivity contribution in [3.05, 3.63) is 30.3 Å². The molecule has 152 valence electrons. The largest absolute Gasteiger partial charge is 0.342 e. The van der Waals surface area contributed by atoms with Crippen molar-refractivity contribution >= 4 is 25.8 Å². The van der Waals surface area contributed by atoms with Crippen molar-refractivity contribution in [2.45, 2.75) is 50.0 Å². The number of carbonyl (C=O) groups excluding carboxylic acids is 1. The highest BCUT2D eigenvalue weighted by atomic mass is 32.2. The van der Waals surface area contributed by atoms with Gasteiger partial charge in [0.25, 0.3) is 0 Å². The Kier molecular flexibility index (Phi) is 7.81. The molecule has 1 aromatic carbocycles. The normalized spacial score (nSPS) is 16.4. The maximum absolute atomic E-state index is 12.4. The molecule has 1 N–H and O–H groups in total. The van der Waals surface area contributed by atoms with Crippen molar-refractivity contribution in [3.8, 4) is 0 Å². The molecule has 9 heteroatoms. The fraction of sp³-hybridized carbons (Fsp3) is 0.611. The summed E-state index contributed by atoms with van der Waals surface area (Å²) in [6.07, 6.45) is 3.27. The number of rotatable bonds is 9. The molecule has 0 aromatic heterocycles. The molecule has 0 atom stereocenters. The molecule has 0 bridgehead atoms. The first-order valence-corrected chi connectivity index (χ1v) is 12.6. The Hall–Kier alpha value is -1.45. The highest BCUT2D eigenvalue weighted by Crippen LogP contribution is 2.15. The van der Waals surface area contributed by atoms with Gasteiger partial charge in [-0.05, 0) is 31.4 Å². The van der Waals surface area contributed by atoms with Crippen molar-refractivity contribution in [3.63, 3.8) is 0 Å². The summed E-state index contributed by atoms with van der Waals surface area (Å²) in [5.74, 6) is -0.812. The summed E-state index contributed by atoms with van der Waals surface area (Å²) in [6.45, 7) is 2.70. The third-order valence-electron chi connectivity index (χ3n) is 4.63. The van der Waals surface area contributed by atoms with Crippen LogP contribution in [0.3, 0.4) is 0 Å². The average molecular weight is 417 g/mol. The zero-order chi connectivity index (χ0) is 19.9. The lowest BCUT2D eigenvalue weighted by Gasteiger charge is -2.32. The van der Waals surface area contributed by atoms with Crippen molar-refractivity contribution < 1.29 is 21.6 Å². The molecule has 7 nitrogen and oxygen atoms in total. The van der Waals surface area contributed by atoms with Crippen LogP contribution in [-0.4, -0.2) is 58.3 Å². The van der Waals surface area contributed by atoms with Crippen LogP contribution in [0, 0.1) is 0 Å². The molecule has 1 aliphatic heterocycles. The molecule has 0 unspecified atom stereocenters. The molecule has 1 fully saturated rings. The number of carbonyl (C=O) groups is 1. The third kappa shape index (κ3) is 6.90. The zero-order valence-corrected chi connectivity index (χ0v) is 17.3. The zero-order valence-electron chi connectivity index (χ0n) is 15.6. The first kappa shape index (κ1) is 21.8. The minimum Gasteiger partial charge on any atom is -0.342 e. The van der Waals surface area contributed by atoms with Gasteiger partial charge in [0, 0.05) is 19.1 Å². The van der Waals surface area contributed by atoms with E-state index >= 15 is 0 Å². The third-order valence-corrected chi connectivity index (χ3v) is 7.76. The first-order chi connectivity index (χ1) is 12.7. The van der Waals surface area contributed by atoms with Crippen molar-refractivity contribution in [1.82, 2.24) is 9.62 Å². The van der Waals surface area contributed by atoms with Gasteiger partial charge in [0.1, 0.15) is 5.75 Å². The highest BCUT2D eigenvalue weighted by Gasteiger charge is 2.28.